The van der Waals surface area contributed by atoms with Crippen LogP contribution in [0.4, 0.5) is 20.4 Å². The average molecular weight is 437 g/mol. The van der Waals surface area contributed by atoms with E-state index in [2.05, 4.69) is 42.2 Å². The Bertz CT molecular complexity index is 990. The number of halogens is 2. The minimum absolute atomic E-state index is 0.0657. The molecule has 1 aliphatic heterocycles. The van der Waals surface area contributed by atoms with Crippen molar-refractivity contribution < 1.29 is 23.0 Å². The van der Waals surface area contributed by atoms with Gasteiger partial charge in [-0.25, -0.2) is 19.7 Å². The molecule has 0 spiro atoms. The van der Waals surface area contributed by atoms with Crippen molar-refractivity contribution in [2.45, 2.75) is 64.6 Å². The number of H-pyrrole nitrogens is 1. The monoisotopic (exact) mass is 437 g/mol. The minimum Gasteiger partial charge on any atom is -0.417 e. The lowest BCUT2D eigenvalue weighted by atomic mass is 10.1. The van der Waals surface area contributed by atoms with Crippen molar-refractivity contribution in [3.05, 3.63) is 18.5 Å². The Morgan fingerprint density at radius 2 is 2.19 bits per heavy atom. The molecule has 168 valence electrons. The lowest BCUT2D eigenvalue weighted by Gasteiger charge is -2.30. The van der Waals surface area contributed by atoms with Crippen LogP contribution in [0.2, 0.25) is 0 Å². The summed E-state index contributed by atoms with van der Waals surface area (Å²) in [5, 5.41) is 13.7. The van der Waals surface area contributed by atoms with Crippen molar-refractivity contribution in [3.63, 3.8) is 0 Å². The van der Waals surface area contributed by atoms with Crippen LogP contribution in [0.3, 0.4) is 0 Å². The Labute approximate surface area is 177 Å². The van der Waals surface area contributed by atoms with Crippen LogP contribution in [0.5, 0.6) is 5.88 Å². The molecule has 0 saturated carbocycles. The molecule has 31 heavy (non-hydrogen) atoms. The SMILES string of the molecule is CCC([C@@H](C)OC1CCCCO1)n1ncc2ncc(Nc3cc(OC(F)F)[nH]n3)nc21. The summed E-state index contributed by atoms with van der Waals surface area (Å²) in [6.07, 6.45) is 6.65. The summed E-state index contributed by atoms with van der Waals surface area (Å²) in [6.45, 7) is 1.84. The van der Waals surface area contributed by atoms with E-state index >= 15 is 0 Å². The molecule has 0 bridgehead atoms. The third-order valence-electron chi connectivity index (χ3n) is 5.11. The van der Waals surface area contributed by atoms with Crippen molar-refractivity contribution in [1.29, 1.82) is 0 Å². The highest BCUT2D eigenvalue weighted by Crippen LogP contribution is 2.26. The molecule has 0 aromatic carbocycles. The Morgan fingerprint density at radius 3 is 2.94 bits per heavy atom. The number of hydrogen-bond acceptors (Lipinski definition) is 8. The Hall–Kier alpha value is -2.86. The van der Waals surface area contributed by atoms with Gasteiger partial charge in [0.05, 0.1) is 24.5 Å². The summed E-state index contributed by atoms with van der Waals surface area (Å²) >= 11 is 0. The van der Waals surface area contributed by atoms with Gasteiger partial charge in [-0.15, -0.1) is 0 Å². The molecule has 0 aliphatic carbocycles. The van der Waals surface area contributed by atoms with Crippen LogP contribution in [0, 0.1) is 0 Å². The number of hydrogen-bond donors (Lipinski definition) is 2. The molecule has 4 heterocycles. The molecule has 12 heteroatoms. The first-order valence-electron chi connectivity index (χ1n) is 10.3. The van der Waals surface area contributed by atoms with E-state index < -0.39 is 6.61 Å². The standard InChI is InChI=1S/C19H25F2N7O3/c1-3-13(11(2)30-17-6-4-5-7-29-17)28-18-12(9-23-28)22-10-15(25-18)24-14-8-16(27-26-14)31-19(20)21/h8-11,13,17,19H,3-7H2,1-2H3,(H2,24,25,26,27)/t11-,13?,17?/m1/s1. The Balaban J connectivity index is 1.52. The lowest BCUT2D eigenvalue weighted by Crippen LogP contribution is -2.32. The zero-order chi connectivity index (χ0) is 21.8. The van der Waals surface area contributed by atoms with E-state index in [1.54, 1.807) is 10.9 Å². The van der Waals surface area contributed by atoms with Gasteiger partial charge < -0.3 is 19.5 Å². The van der Waals surface area contributed by atoms with E-state index in [1.807, 2.05) is 6.92 Å². The van der Waals surface area contributed by atoms with Crippen LogP contribution in [-0.4, -0.2) is 55.6 Å². The molecule has 10 nitrogen and oxygen atoms in total. The van der Waals surface area contributed by atoms with Crippen LogP contribution < -0.4 is 10.1 Å². The van der Waals surface area contributed by atoms with Crippen LogP contribution in [0.25, 0.3) is 11.2 Å². The molecule has 3 aromatic rings. The predicted octanol–water partition coefficient (Wildman–Crippen LogP) is 3.78. The summed E-state index contributed by atoms with van der Waals surface area (Å²) in [4.78, 5) is 8.98. The summed E-state index contributed by atoms with van der Waals surface area (Å²) in [5.41, 5.74) is 1.21. The zero-order valence-electron chi connectivity index (χ0n) is 17.3. The first-order chi connectivity index (χ1) is 15.0. The van der Waals surface area contributed by atoms with Crippen LogP contribution in [-0.2, 0) is 9.47 Å². The van der Waals surface area contributed by atoms with Gasteiger partial charge in [0.15, 0.2) is 23.6 Å². The van der Waals surface area contributed by atoms with Crippen LogP contribution in [0.15, 0.2) is 18.5 Å². The molecule has 0 radical (unpaired) electrons. The van der Waals surface area contributed by atoms with Crippen molar-refractivity contribution in [3.8, 4) is 5.88 Å². The highest BCUT2D eigenvalue weighted by Gasteiger charge is 2.26. The van der Waals surface area contributed by atoms with Gasteiger partial charge in [-0.3, -0.25) is 0 Å². The number of alkyl halides is 2. The Morgan fingerprint density at radius 1 is 1.32 bits per heavy atom. The number of anilines is 2. The normalized spacial score (nSPS) is 18.9. The molecule has 2 N–H and O–H groups in total. The molecule has 4 rings (SSSR count). The second-order valence-corrected chi connectivity index (χ2v) is 7.29. The van der Waals surface area contributed by atoms with Crippen molar-refractivity contribution in [2.75, 3.05) is 11.9 Å². The van der Waals surface area contributed by atoms with E-state index in [0.717, 1.165) is 32.3 Å². The zero-order valence-corrected chi connectivity index (χ0v) is 17.3. The minimum atomic E-state index is -2.94. The van der Waals surface area contributed by atoms with Gasteiger partial charge in [0.2, 0.25) is 5.88 Å². The van der Waals surface area contributed by atoms with Crippen LogP contribution in [0.1, 0.15) is 45.6 Å². The number of aromatic amines is 1. The summed E-state index contributed by atoms with van der Waals surface area (Å²) in [6, 6.07) is 1.24. The second-order valence-electron chi connectivity index (χ2n) is 7.29. The summed E-state index contributed by atoms with van der Waals surface area (Å²) in [5.74, 6) is 0.510. The van der Waals surface area contributed by atoms with Gasteiger partial charge in [-0.1, -0.05) is 6.92 Å². The molecular weight excluding hydrogens is 412 g/mol. The first kappa shape index (κ1) is 21.4. The molecule has 2 unspecified atom stereocenters. The fourth-order valence-electron chi connectivity index (χ4n) is 3.63. The van der Waals surface area contributed by atoms with Gasteiger partial charge in [-0.05, 0) is 32.6 Å². The number of fused-ring (bicyclic) bond motifs is 1. The number of aromatic nitrogens is 6. The van der Waals surface area contributed by atoms with E-state index in [0.29, 0.717) is 17.0 Å². The Kier molecular flexibility index (Phi) is 6.56. The van der Waals surface area contributed by atoms with E-state index in [9.17, 15) is 8.78 Å². The van der Waals surface area contributed by atoms with Crippen molar-refractivity contribution >= 4 is 22.8 Å². The van der Waals surface area contributed by atoms with Gasteiger partial charge >= 0.3 is 6.61 Å². The van der Waals surface area contributed by atoms with Gasteiger partial charge in [-0.2, -0.15) is 19.0 Å². The first-order valence-corrected chi connectivity index (χ1v) is 10.3. The number of rotatable bonds is 9. The maximum Gasteiger partial charge on any atom is 0.388 e. The third-order valence-corrected chi connectivity index (χ3v) is 5.11. The quantitative estimate of drug-likeness (QED) is 0.520. The van der Waals surface area contributed by atoms with Crippen molar-refractivity contribution in [2.24, 2.45) is 0 Å². The molecule has 0 amide bonds. The van der Waals surface area contributed by atoms with E-state index in [1.165, 1.54) is 12.3 Å². The maximum atomic E-state index is 12.3. The third kappa shape index (κ3) is 5.07. The largest absolute Gasteiger partial charge is 0.417 e. The number of nitrogens with one attached hydrogen (secondary N) is 2. The highest BCUT2D eigenvalue weighted by atomic mass is 19.3. The number of nitrogens with zero attached hydrogens (tertiary/aromatic N) is 5. The maximum absolute atomic E-state index is 12.3. The average Bonchev–Trinajstić information content (AvgIpc) is 3.36. The van der Waals surface area contributed by atoms with Gasteiger partial charge in [0, 0.05) is 12.7 Å². The van der Waals surface area contributed by atoms with Gasteiger partial charge in [0.25, 0.3) is 0 Å². The molecule has 1 aliphatic rings. The van der Waals surface area contributed by atoms with Crippen LogP contribution >= 0.6 is 0 Å². The smallest absolute Gasteiger partial charge is 0.388 e. The summed E-state index contributed by atoms with van der Waals surface area (Å²) < 4.78 is 42.6. The predicted molar refractivity (Wildman–Crippen MR) is 107 cm³/mol. The van der Waals surface area contributed by atoms with E-state index in [-0.39, 0.29) is 30.1 Å². The van der Waals surface area contributed by atoms with E-state index in [4.69, 9.17) is 9.47 Å². The molecule has 3 aromatic heterocycles. The highest BCUT2D eigenvalue weighted by molar-refractivity contribution is 5.72. The van der Waals surface area contributed by atoms with Gasteiger partial charge in [0.1, 0.15) is 5.52 Å². The fraction of sp³-hybridized carbons (Fsp3) is 0.579. The molecule has 1 fully saturated rings. The second kappa shape index (κ2) is 9.52. The van der Waals surface area contributed by atoms with Crippen molar-refractivity contribution in [1.82, 2.24) is 29.9 Å². The number of ether oxygens (including phenoxy) is 3. The molecule has 3 atom stereocenters. The molecular formula is C19H25F2N7O3. The lowest BCUT2D eigenvalue weighted by molar-refractivity contribution is -0.193. The topological polar surface area (TPSA) is 112 Å². The molecule has 1 saturated heterocycles. The fourth-order valence-corrected chi connectivity index (χ4v) is 3.63. The summed E-state index contributed by atoms with van der Waals surface area (Å²) in [7, 11) is 0.